The van der Waals surface area contributed by atoms with Crippen LogP contribution in [0.25, 0.3) is 10.9 Å². The van der Waals surface area contributed by atoms with Crippen LogP contribution >= 0.6 is 23.2 Å². The number of aromatic nitrogens is 1. The number of benzene rings is 2. The van der Waals surface area contributed by atoms with E-state index in [9.17, 15) is 4.79 Å². The van der Waals surface area contributed by atoms with Gasteiger partial charge in [-0.25, -0.2) is 0 Å². The van der Waals surface area contributed by atoms with Gasteiger partial charge in [0.25, 0.3) is 5.91 Å². The molecular formula is C19H15Cl2NO. The van der Waals surface area contributed by atoms with Crippen molar-refractivity contribution in [3.63, 3.8) is 0 Å². The number of para-hydroxylation sites is 1. The lowest BCUT2D eigenvalue weighted by Gasteiger charge is -2.16. The lowest BCUT2D eigenvalue weighted by Crippen LogP contribution is -2.18. The maximum absolute atomic E-state index is 13.2. The Labute approximate surface area is 144 Å². The zero-order valence-electron chi connectivity index (χ0n) is 12.5. The molecule has 1 heterocycles. The largest absolute Gasteiger partial charge is 0.280 e. The summed E-state index contributed by atoms with van der Waals surface area (Å²) in [5.41, 5.74) is 3.73. The van der Waals surface area contributed by atoms with E-state index in [0.29, 0.717) is 15.6 Å². The van der Waals surface area contributed by atoms with E-state index in [-0.39, 0.29) is 5.91 Å². The summed E-state index contributed by atoms with van der Waals surface area (Å²) in [7, 11) is 0. The molecule has 0 spiro atoms. The molecule has 23 heavy (non-hydrogen) atoms. The molecule has 0 bridgehead atoms. The third-order valence-corrected chi connectivity index (χ3v) is 5.19. The van der Waals surface area contributed by atoms with Gasteiger partial charge in [-0.15, -0.1) is 0 Å². The molecule has 0 radical (unpaired) electrons. The lowest BCUT2D eigenvalue weighted by molar-refractivity contribution is 0.0962. The van der Waals surface area contributed by atoms with Crippen molar-refractivity contribution in [2.75, 3.05) is 0 Å². The normalized spacial score (nSPS) is 14.0. The predicted molar refractivity (Wildman–Crippen MR) is 94.8 cm³/mol. The Hall–Kier alpha value is -1.77. The minimum atomic E-state index is -0.139. The summed E-state index contributed by atoms with van der Waals surface area (Å²) in [6.45, 7) is 0. The van der Waals surface area contributed by atoms with Crippen LogP contribution in [0.3, 0.4) is 0 Å². The van der Waals surface area contributed by atoms with Gasteiger partial charge >= 0.3 is 0 Å². The summed E-state index contributed by atoms with van der Waals surface area (Å²) in [6, 6.07) is 13.2. The fraction of sp³-hybridized carbons (Fsp3) is 0.211. The first-order valence-electron chi connectivity index (χ1n) is 7.78. The zero-order chi connectivity index (χ0) is 16.0. The molecule has 0 saturated heterocycles. The Morgan fingerprint density at radius 2 is 1.61 bits per heavy atom. The lowest BCUT2D eigenvalue weighted by atomic mass is 9.95. The molecule has 0 N–H and O–H groups in total. The molecule has 4 heteroatoms. The van der Waals surface area contributed by atoms with E-state index in [0.717, 1.165) is 30.5 Å². The van der Waals surface area contributed by atoms with Crippen LogP contribution in [0.5, 0.6) is 0 Å². The highest BCUT2D eigenvalue weighted by Gasteiger charge is 2.26. The van der Waals surface area contributed by atoms with Crippen LogP contribution in [0, 0.1) is 0 Å². The van der Waals surface area contributed by atoms with Crippen LogP contribution in [-0.2, 0) is 12.8 Å². The van der Waals surface area contributed by atoms with Crippen molar-refractivity contribution >= 4 is 40.0 Å². The number of aryl methyl sites for hydroxylation is 1. The highest BCUT2D eigenvalue weighted by Crippen LogP contribution is 2.34. The number of halogens is 2. The standard InChI is InChI=1S/C19H15Cl2NO/c20-14-8-5-9-15(21)18(14)19(23)22-16-10-3-1-6-12(16)13-7-2-4-11-17(13)22/h1,3,5-6,8-10H,2,4,7,11H2. The molecule has 0 fully saturated rings. The third kappa shape index (κ3) is 2.29. The van der Waals surface area contributed by atoms with Gasteiger partial charge in [0.2, 0.25) is 0 Å². The number of rotatable bonds is 1. The van der Waals surface area contributed by atoms with Crippen LogP contribution in [-0.4, -0.2) is 10.5 Å². The minimum absolute atomic E-state index is 0.139. The highest BCUT2D eigenvalue weighted by atomic mass is 35.5. The first-order chi connectivity index (χ1) is 11.2. The first kappa shape index (κ1) is 14.8. The van der Waals surface area contributed by atoms with E-state index in [1.165, 1.54) is 17.4 Å². The van der Waals surface area contributed by atoms with Gasteiger partial charge in [-0.2, -0.15) is 0 Å². The third-order valence-electron chi connectivity index (χ3n) is 4.56. The van der Waals surface area contributed by atoms with E-state index in [1.54, 1.807) is 18.2 Å². The highest BCUT2D eigenvalue weighted by molar-refractivity contribution is 6.40. The molecule has 0 aliphatic heterocycles. The van der Waals surface area contributed by atoms with E-state index in [2.05, 4.69) is 6.07 Å². The van der Waals surface area contributed by atoms with Crippen molar-refractivity contribution in [2.45, 2.75) is 25.7 Å². The number of hydrogen-bond acceptors (Lipinski definition) is 1. The summed E-state index contributed by atoms with van der Waals surface area (Å²) in [5, 5.41) is 1.95. The second-order valence-corrected chi connectivity index (χ2v) is 6.70. The number of carbonyl (C=O) groups excluding carboxylic acids is 1. The summed E-state index contributed by atoms with van der Waals surface area (Å²) < 4.78 is 1.82. The SMILES string of the molecule is O=C(c1c(Cl)cccc1Cl)n1c2c(c3ccccc31)CCCC2. The molecule has 2 nitrogen and oxygen atoms in total. The molecule has 0 amide bonds. The number of fused-ring (bicyclic) bond motifs is 3. The number of carbonyl (C=O) groups is 1. The number of nitrogens with zero attached hydrogens (tertiary/aromatic N) is 1. The van der Waals surface area contributed by atoms with Crippen LogP contribution in [0.15, 0.2) is 42.5 Å². The fourth-order valence-electron chi connectivity index (χ4n) is 3.54. The topological polar surface area (TPSA) is 22.0 Å². The molecule has 2 aromatic carbocycles. The van der Waals surface area contributed by atoms with Crippen molar-refractivity contribution in [1.29, 1.82) is 0 Å². The van der Waals surface area contributed by atoms with Crippen molar-refractivity contribution in [1.82, 2.24) is 4.57 Å². The van der Waals surface area contributed by atoms with Crippen LogP contribution in [0.4, 0.5) is 0 Å². The Bertz CT molecular complexity index is 906. The average Bonchev–Trinajstić information content (AvgIpc) is 2.89. The van der Waals surface area contributed by atoms with Gasteiger partial charge in [0.1, 0.15) is 0 Å². The predicted octanol–water partition coefficient (Wildman–Crippen LogP) is 5.52. The Balaban J connectivity index is 2.01. The first-order valence-corrected chi connectivity index (χ1v) is 8.54. The van der Waals surface area contributed by atoms with Gasteiger partial charge in [-0.1, -0.05) is 47.5 Å². The van der Waals surface area contributed by atoms with Crippen LogP contribution in [0.1, 0.15) is 34.5 Å². The van der Waals surface area contributed by atoms with Crippen LogP contribution < -0.4 is 0 Å². The van der Waals surface area contributed by atoms with E-state index in [4.69, 9.17) is 23.2 Å². The minimum Gasteiger partial charge on any atom is -0.280 e. The molecule has 0 saturated carbocycles. The van der Waals surface area contributed by atoms with Crippen molar-refractivity contribution in [3.05, 3.63) is 69.3 Å². The summed E-state index contributed by atoms with van der Waals surface area (Å²) >= 11 is 12.5. The van der Waals surface area contributed by atoms with Crippen molar-refractivity contribution in [2.24, 2.45) is 0 Å². The maximum atomic E-state index is 13.2. The molecule has 3 aromatic rings. The average molecular weight is 344 g/mol. The van der Waals surface area contributed by atoms with Gasteiger partial charge in [0.15, 0.2) is 0 Å². The Kier molecular flexibility index (Phi) is 3.67. The molecule has 1 aliphatic rings. The van der Waals surface area contributed by atoms with E-state index in [1.807, 2.05) is 22.8 Å². The Morgan fingerprint density at radius 3 is 2.39 bits per heavy atom. The monoisotopic (exact) mass is 343 g/mol. The molecular weight excluding hydrogens is 329 g/mol. The van der Waals surface area contributed by atoms with Gasteiger partial charge in [-0.05, 0) is 49.4 Å². The fourth-order valence-corrected chi connectivity index (χ4v) is 4.10. The second kappa shape index (κ2) is 5.70. The van der Waals surface area contributed by atoms with Gasteiger partial charge in [-0.3, -0.25) is 9.36 Å². The molecule has 1 aromatic heterocycles. The van der Waals surface area contributed by atoms with Gasteiger partial charge in [0, 0.05) is 11.1 Å². The maximum Gasteiger partial charge on any atom is 0.265 e. The molecule has 116 valence electrons. The second-order valence-electron chi connectivity index (χ2n) is 5.89. The molecule has 4 rings (SSSR count). The summed E-state index contributed by atoms with van der Waals surface area (Å²) in [6.07, 6.45) is 4.21. The van der Waals surface area contributed by atoms with Crippen molar-refractivity contribution in [3.8, 4) is 0 Å². The van der Waals surface area contributed by atoms with Crippen LogP contribution in [0.2, 0.25) is 10.0 Å². The molecule has 0 unspecified atom stereocenters. The summed E-state index contributed by atoms with van der Waals surface area (Å²) in [4.78, 5) is 13.2. The number of hydrogen-bond donors (Lipinski definition) is 0. The smallest absolute Gasteiger partial charge is 0.265 e. The van der Waals surface area contributed by atoms with E-state index >= 15 is 0 Å². The zero-order valence-corrected chi connectivity index (χ0v) is 14.0. The quantitative estimate of drug-likeness (QED) is 0.570. The van der Waals surface area contributed by atoms with E-state index < -0.39 is 0 Å². The summed E-state index contributed by atoms with van der Waals surface area (Å²) in [5.74, 6) is -0.139. The van der Waals surface area contributed by atoms with Gasteiger partial charge < -0.3 is 0 Å². The molecule has 1 aliphatic carbocycles. The molecule has 0 atom stereocenters. The van der Waals surface area contributed by atoms with Gasteiger partial charge in [0.05, 0.1) is 21.1 Å². The Morgan fingerprint density at radius 1 is 0.913 bits per heavy atom. The van der Waals surface area contributed by atoms with Crippen molar-refractivity contribution < 1.29 is 4.79 Å².